The molecule has 0 fully saturated rings. The maximum Gasteiger partial charge on any atom is 0.227 e. The number of rotatable bonds is 5. The first-order chi connectivity index (χ1) is 11.5. The molecule has 0 atom stereocenters. The number of furan rings is 1. The fourth-order valence-electron chi connectivity index (χ4n) is 2.06. The molecule has 122 valence electrons. The lowest BCUT2D eigenvalue weighted by atomic mass is 10.1. The fourth-order valence-corrected chi connectivity index (χ4v) is 2.06. The van der Waals surface area contributed by atoms with Gasteiger partial charge in [0.25, 0.3) is 0 Å². The van der Waals surface area contributed by atoms with Crippen molar-refractivity contribution in [2.45, 2.75) is 6.42 Å². The number of nitrogens with zero attached hydrogens (tertiary/aromatic N) is 2. The van der Waals surface area contributed by atoms with Gasteiger partial charge < -0.3 is 9.52 Å². The minimum absolute atomic E-state index is 0.0261. The predicted octanol–water partition coefficient (Wildman–Crippen LogP) is 3.05. The number of aliphatic hydroxyl groups is 1. The summed E-state index contributed by atoms with van der Waals surface area (Å²) in [6, 6.07) is 6.70. The Morgan fingerprint density at radius 2 is 2.04 bits per heavy atom. The molecule has 3 rings (SSSR count). The first-order valence-electron chi connectivity index (χ1n) is 6.86. The number of H-pyrrole nitrogens is 1. The molecule has 0 aliphatic carbocycles. The third-order valence-corrected chi connectivity index (χ3v) is 3.18. The second kappa shape index (κ2) is 6.45. The molecule has 0 amide bonds. The summed E-state index contributed by atoms with van der Waals surface area (Å²) < 4.78 is 32.0. The largest absolute Gasteiger partial charge is 0.504 e. The third-order valence-electron chi connectivity index (χ3n) is 3.18. The molecule has 0 aliphatic heterocycles. The number of benzene rings is 1. The van der Waals surface area contributed by atoms with Crippen molar-refractivity contribution in [1.29, 1.82) is 0 Å². The number of hydrogen-bond donors (Lipinski definition) is 2. The van der Waals surface area contributed by atoms with Crippen LogP contribution in [0.5, 0.6) is 0 Å². The van der Waals surface area contributed by atoms with E-state index < -0.39 is 23.1 Å². The second-order valence-electron chi connectivity index (χ2n) is 4.92. The Hall–Kier alpha value is -3.29. The van der Waals surface area contributed by atoms with Crippen LogP contribution in [0, 0.1) is 11.6 Å². The van der Waals surface area contributed by atoms with Crippen LogP contribution in [0.1, 0.15) is 27.7 Å². The Kier molecular flexibility index (Phi) is 4.19. The Morgan fingerprint density at radius 1 is 1.29 bits per heavy atom. The Bertz CT molecular complexity index is 884. The fraction of sp³-hybridized carbons (Fsp3) is 0.0625. The second-order valence-corrected chi connectivity index (χ2v) is 4.92. The van der Waals surface area contributed by atoms with Crippen molar-refractivity contribution >= 4 is 11.5 Å². The SMILES string of the molecule is O=C(C=C(O)c1ncn[nH]1)c1oc(Cc2ccc(F)cc2)cc1F. The van der Waals surface area contributed by atoms with Crippen LogP contribution >= 0.6 is 0 Å². The number of aromatic amines is 1. The molecule has 6 nitrogen and oxygen atoms in total. The van der Waals surface area contributed by atoms with Crippen LogP contribution in [0.25, 0.3) is 5.76 Å². The molecule has 2 N–H and O–H groups in total. The van der Waals surface area contributed by atoms with E-state index in [9.17, 15) is 18.7 Å². The van der Waals surface area contributed by atoms with E-state index >= 15 is 0 Å². The predicted molar refractivity (Wildman–Crippen MR) is 79.2 cm³/mol. The molecule has 8 heteroatoms. The van der Waals surface area contributed by atoms with Crippen molar-refractivity contribution in [1.82, 2.24) is 15.2 Å². The number of halogens is 2. The normalized spacial score (nSPS) is 11.7. The van der Waals surface area contributed by atoms with E-state index in [1.165, 1.54) is 24.3 Å². The van der Waals surface area contributed by atoms with E-state index in [0.29, 0.717) is 5.56 Å². The lowest BCUT2D eigenvalue weighted by molar-refractivity contribution is 0.101. The van der Waals surface area contributed by atoms with Crippen LogP contribution in [-0.4, -0.2) is 26.1 Å². The minimum atomic E-state index is -0.855. The lowest BCUT2D eigenvalue weighted by Gasteiger charge is -1.98. The van der Waals surface area contributed by atoms with Gasteiger partial charge in [-0.1, -0.05) is 12.1 Å². The van der Waals surface area contributed by atoms with E-state index in [1.807, 2.05) is 0 Å². The summed E-state index contributed by atoms with van der Waals surface area (Å²) in [7, 11) is 0. The molecule has 0 spiro atoms. The first-order valence-corrected chi connectivity index (χ1v) is 6.86. The number of allylic oxidation sites excluding steroid dienone is 1. The zero-order chi connectivity index (χ0) is 17.1. The molecular formula is C16H11F2N3O3. The Labute approximate surface area is 134 Å². The van der Waals surface area contributed by atoms with E-state index in [1.54, 1.807) is 0 Å². The molecule has 0 radical (unpaired) electrons. The number of carbonyl (C=O) groups excluding carboxylic acids is 1. The number of ketones is 1. The molecule has 2 heterocycles. The summed E-state index contributed by atoms with van der Waals surface area (Å²) in [4.78, 5) is 15.7. The molecule has 2 aromatic heterocycles. The first kappa shape index (κ1) is 15.6. The van der Waals surface area contributed by atoms with Gasteiger partial charge in [0.15, 0.2) is 17.4 Å². The van der Waals surface area contributed by atoms with Crippen molar-refractivity contribution in [3.05, 3.63) is 77.3 Å². The van der Waals surface area contributed by atoms with Gasteiger partial charge in [0.1, 0.15) is 17.9 Å². The monoisotopic (exact) mass is 331 g/mol. The van der Waals surface area contributed by atoms with Gasteiger partial charge >= 0.3 is 0 Å². The summed E-state index contributed by atoms with van der Waals surface area (Å²) in [5.41, 5.74) is 0.698. The molecule has 0 bridgehead atoms. The highest BCUT2D eigenvalue weighted by molar-refractivity contribution is 6.05. The van der Waals surface area contributed by atoms with Crippen LogP contribution in [0.3, 0.4) is 0 Å². The molecule has 3 aromatic rings. The van der Waals surface area contributed by atoms with Gasteiger partial charge in [0, 0.05) is 18.6 Å². The summed E-state index contributed by atoms with van der Waals surface area (Å²) in [6.45, 7) is 0. The van der Waals surface area contributed by atoms with E-state index in [0.717, 1.165) is 18.5 Å². The van der Waals surface area contributed by atoms with Crippen LogP contribution in [0.15, 0.2) is 47.2 Å². The van der Waals surface area contributed by atoms with Gasteiger partial charge in [0.2, 0.25) is 11.5 Å². The highest BCUT2D eigenvalue weighted by Gasteiger charge is 2.19. The van der Waals surface area contributed by atoms with Gasteiger partial charge in [-0.05, 0) is 17.7 Å². The summed E-state index contributed by atoms with van der Waals surface area (Å²) in [6.07, 6.45) is 2.13. The maximum absolute atomic E-state index is 13.9. The minimum Gasteiger partial charge on any atom is -0.504 e. The number of hydrogen-bond acceptors (Lipinski definition) is 5. The average molecular weight is 331 g/mol. The van der Waals surface area contributed by atoms with Gasteiger partial charge in [-0.3, -0.25) is 9.89 Å². The molecule has 0 aliphatic rings. The Morgan fingerprint density at radius 3 is 2.71 bits per heavy atom. The van der Waals surface area contributed by atoms with Crippen molar-refractivity contribution in [2.75, 3.05) is 0 Å². The molecular weight excluding hydrogens is 320 g/mol. The standard InChI is InChI=1S/C16H11F2N3O3/c17-10-3-1-9(2-4-10)5-11-6-12(18)15(24-11)13(22)7-14(23)16-19-8-20-21-16/h1-4,6-8,23H,5H2,(H,19,20,21). The smallest absolute Gasteiger partial charge is 0.227 e. The van der Waals surface area contributed by atoms with Crippen LogP contribution in [-0.2, 0) is 6.42 Å². The van der Waals surface area contributed by atoms with Crippen molar-refractivity contribution in [3.63, 3.8) is 0 Å². The zero-order valence-corrected chi connectivity index (χ0v) is 12.2. The molecule has 1 aromatic carbocycles. The Balaban J connectivity index is 1.79. The maximum atomic E-state index is 13.9. The third kappa shape index (κ3) is 3.37. The molecule has 24 heavy (non-hydrogen) atoms. The number of nitrogens with one attached hydrogen (secondary N) is 1. The van der Waals surface area contributed by atoms with Crippen LogP contribution in [0.4, 0.5) is 8.78 Å². The van der Waals surface area contributed by atoms with Crippen LogP contribution < -0.4 is 0 Å². The lowest BCUT2D eigenvalue weighted by Crippen LogP contribution is -1.98. The van der Waals surface area contributed by atoms with Gasteiger partial charge in [0.05, 0.1) is 0 Å². The van der Waals surface area contributed by atoms with E-state index in [2.05, 4.69) is 15.2 Å². The van der Waals surface area contributed by atoms with Crippen molar-refractivity contribution < 1.29 is 23.1 Å². The van der Waals surface area contributed by atoms with Gasteiger partial charge in [-0.2, -0.15) is 5.10 Å². The summed E-state index contributed by atoms with van der Waals surface area (Å²) >= 11 is 0. The topological polar surface area (TPSA) is 92.0 Å². The van der Waals surface area contributed by atoms with Gasteiger partial charge in [-0.25, -0.2) is 13.8 Å². The van der Waals surface area contributed by atoms with E-state index in [4.69, 9.17) is 4.42 Å². The summed E-state index contributed by atoms with van der Waals surface area (Å²) in [5, 5.41) is 15.6. The van der Waals surface area contributed by atoms with Crippen molar-refractivity contribution in [3.8, 4) is 0 Å². The quantitative estimate of drug-likeness (QED) is 0.426. The van der Waals surface area contributed by atoms with E-state index in [-0.39, 0.29) is 23.8 Å². The van der Waals surface area contributed by atoms with Crippen LogP contribution in [0.2, 0.25) is 0 Å². The van der Waals surface area contributed by atoms with Crippen molar-refractivity contribution in [2.24, 2.45) is 0 Å². The molecule has 0 unspecified atom stereocenters. The molecule has 0 saturated carbocycles. The number of aromatic nitrogens is 3. The van der Waals surface area contributed by atoms with Gasteiger partial charge in [-0.15, -0.1) is 0 Å². The summed E-state index contributed by atoms with van der Waals surface area (Å²) in [5.74, 6) is -2.93. The number of aliphatic hydroxyl groups excluding tert-OH is 1. The average Bonchev–Trinajstić information content (AvgIpc) is 3.19. The highest BCUT2D eigenvalue weighted by Crippen LogP contribution is 2.19. The zero-order valence-electron chi connectivity index (χ0n) is 12.2. The molecule has 0 saturated heterocycles. The highest BCUT2D eigenvalue weighted by atomic mass is 19.1. The number of carbonyl (C=O) groups is 1.